The summed E-state index contributed by atoms with van der Waals surface area (Å²) in [5, 5.41) is 13.9. The highest BCUT2D eigenvalue weighted by atomic mass is 16.4. The highest BCUT2D eigenvalue weighted by molar-refractivity contribution is 6.00. The Morgan fingerprint density at radius 3 is 2.22 bits per heavy atom. The van der Waals surface area contributed by atoms with Crippen LogP contribution in [0.5, 0.6) is 0 Å². The van der Waals surface area contributed by atoms with E-state index in [0.29, 0.717) is 23.1 Å². The van der Waals surface area contributed by atoms with E-state index in [0.717, 1.165) is 5.56 Å². The Labute approximate surface area is 267 Å². The van der Waals surface area contributed by atoms with E-state index in [1.54, 1.807) is 32.9 Å². The summed E-state index contributed by atoms with van der Waals surface area (Å²) in [6, 6.07) is 3.35. The summed E-state index contributed by atoms with van der Waals surface area (Å²) >= 11 is 0. The number of anilines is 1. The number of nitrogens with one attached hydrogen (secondary N) is 5. The Morgan fingerprint density at radius 1 is 0.913 bits per heavy atom. The Kier molecular flexibility index (Phi) is 14.2. The van der Waals surface area contributed by atoms with Crippen molar-refractivity contribution in [3.63, 3.8) is 0 Å². The minimum absolute atomic E-state index is 0.0133. The summed E-state index contributed by atoms with van der Waals surface area (Å²) in [4.78, 5) is 79.5. The molecule has 0 spiro atoms. The van der Waals surface area contributed by atoms with E-state index in [9.17, 15) is 28.8 Å². The van der Waals surface area contributed by atoms with Gasteiger partial charge in [-0.3, -0.25) is 29.0 Å². The van der Waals surface area contributed by atoms with E-state index < -0.39 is 53.9 Å². The fourth-order valence-corrected chi connectivity index (χ4v) is 4.66. The largest absolute Gasteiger partial charge is 0.423 e. The first-order chi connectivity index (χ1) is 21.6. The van der Waals surface area contributed by atoms with Crippen molar-refractivity contribution in [2.24, 2.45) is 28.3 Å². The molecular formula is C31H46N8O7. The van der Waals surface area contributed by atoms with Gasteiger partial charge in [0.05, 0.1) is 6.54 Å². The van der Waals surface area contributed by atoms with Crippen LogP contribution < -0.4 is 43.7 Å². The van der Waals surface area contributed by atoms with E-state index in [1.165, 1.54) is 19.1 Å². The minimum atomic E-state index is -1.04. The molecule has 15 nitrogen and oxygen atoms in total. The van der Waals surface area contributed by atoms with Crippen LogP contribution in [-0.2, 0) is 24.0 Å². The van der Waals surface area contributed by atoms with Crippen molar-refractivity contribution in [1.82, 2.24) is 21.3 Å². The molecule has 0 aliphatic rings. The van der Waals surface area contributed by atoms with Crippen molar-refractivity contribution in [2.75, 3.05) is 18.4 Å². The number of guanidine groups is 1. The molecule has 3 atom stereocenters. The van der Waals surface area contributed by atoms with Gasteiger partial charge in [0.2, 0.25) is 29.5 Å². The quantitative estimate of drug-likeness (QED) is 0.0579. The van der Waals surface area contributed by atoms with Crippen molar-refractivity contribution in [2.45, 2.75) is 78.9 Å². The lowest BCUT2D eigenvalue weighted by Crippen LogP contribution is -2.55. The lowest BCUT2D eigenvalue weighted by Gasteiger charge is -2.25. The molecule has 0 unspecified atom stereocenters. The molecule has 5 amide bonds. The molecule has 2 rings (SSSR count). The van der Waals surface area contributed by atoms with Gasteiger partial charge >= 0.3 is 5.63 Å². The number of aryl methyl sites for hydroxylation is 1. The summed E-state index contributed by atoms with van der Waals surface area (Å²) in [7, 11) is 0. The monoisotopic (exact) mass is 642 g/mol. The molecular weight excluding hydrogens is 596 g/mol. The Balaban J connectivity index is 2.19. The number of benzene rings is 1. The van der Waals surface area contributed by atoms with Gasteiger partial charge in [0.25, 0.3) is 0 Å². The number of nitrogens with zero attached hydrogens (tertiary/aromatic N) is 1. The van der Waals surface area contributed by atoms with Crippen LogP contribution >= 0.6 is 0 Å². The average molecular weight is 643 g/mol. The maximum Gasteiger partial charge on any atom is 0.336 e. The molecule has 1 aromatic carbocycles. The number of fused-ring (bicyclic) bond motifs is 1. The van der Waals surface area contributed by atoms with Crippen molar-refractivity contribution < 1.29 is 28.4 Å². The topological polar surface area (TPSA) is 240 Å². The van der Waals surface area contributed by atoms with Gasteiger partial charge in [0.1, 0.15) is 23.7 Å². The summed E-state index contributed by atoms with van der Waals surface area (Å²) in [5.41, 5.74) is 11.7. The van der Waals surface area contributed by atoms with Crippen molar-refractivity contribution in [1.29, 1.82) is 0 Å². The second kappa shape index (κ2) is 17.5. The number of hydrogen-bond donors (Lipinski definition) is 7. The molecule has 15 heteroatoms. The lowest BCUT2D eigenvalue weighted by molar-refractivity contribution is -0.132. The Hall–Kier alpha value is -4.95. The van der Waals surface area contributed by atoms with E-state index in [4.69, 9.17) is 15.9 Å². The normalized spacial score (nSPS) is 13.0. The third-order valence-electron chi connectivity index (χ3n) is 6.89. The van der Waals surface area contributed by atoms with Gasteiger partial charge in [-0.1, -0.05) is 27.7 Å². The van der Waals surface area contributed by atoms with Crippen LogP contribution in [0.4, 0.5) is 5.69 Å². The van der Waals surface area contributed by atoms with Gasteiger partial charge in [0.15, 0.2) is 5.96 Å². The molecule has 0 bridgehead atoms. The first-order valence-corrected chi connectivity index (χ1v) is 15.1. The van der Waals surface area contributed by atoms with Crippen LogP contribution in [0.1, 0.15) is 59.4 Å². The molecule has 1 aromatic heterocycles. The van der Waals surface area contributed by atoms with Gasteiger partial charge in [-0.15, -0.1) is 0 Å². The van der Waals surface area contributed by atoms with Crippen molar-refractivity contribution in [3.8, 4) is 0 Å². The average Bonchev–Trinajstić information content (AvgIpc) is 2.94. The van der Waals surface area contributed by atoms with Crippen LogP contribution in [0, 0.1) is 18.8 Å². The number of nitrogens with two attached hydrogens (primary N) is 2. The van der Waals surface area contributed by atoms with Crippen LogP contribution in [0.25, 0.3) is 11.0 Å². The molecule has 252 valence electrons. The van der Waals surface area contributed by atoms with E-state index >= 15 is 0 Å². The second-order valence-corrected chi connectivity index (χ2v) is 11.8. The van der Waals surface area contributed by atoms with Crippen LogP contribution in [0.2, 0.25) is 0 Å². The Bertz CT molecular complexity index is 1500. The van der Waals surface area contributed by atoms with E-state index in [1.807, 2.05) is 13.8 Å². The standard InChI is InChI=1S/C31H46N8O7/c1-16(2)12-23(38-25(41)15-35-30(45)27(17(3)4)36-19(6)40)29(44)39-22(8-7-11-34-31(32)33)28(43)37-20-9-10-21-18(5)13-26(42)46-24(21)14-20/h9-10,13-14,16-17,22-23,27H,7-8,11-12,15H2,1-6H3,(H,35,45)(H,36,40)(H,37,43)(H,38,41)(H,39,44)(H4,32,33,34)/t22-,23-,27-/m0/s1. The SMILES string of the molecule is CC(=O)N[C@H](C(=O)NCC(=O)N[C@@H](CC(C)C)C(=O)N[C@@H](CCCN=C(N)N)C(=O)Nc1ccc2c(C)cc(=O)oc2c1)C(C)C. The predicted molar refractivity (Wildman–Crippen MR) is 175 cm³/mol. The van der Waals surface area contributed by atoms with Crippen LogP contribution in [0.3, 0.4) is 0 Å². The highest BCUT2D eigenvalue weighted by Crippen LogP contribution is 2.21. The lowest BCUT2D eigenvalue weighted by atomic mass is 10.0. The molecule has 2 aromatic rings. The molecule has 0 saturated heterocycles. The maximum absolute atomic E-state index is 13.5. The summed E-state index contributed by atoms with van der Waals surface area (Å²) in [6.07, 6.45) is 0.756. The predicted octanol–water partition coefficient (Wildman–Crippen LogP) is 0.386. The van der Waals surface area contributed by atoms with Gasteiger partial charge < -0.3 is 42.5 Å². The highest BCUT2D eigenvalue weighted by Gasteiger charge is 2.28. The molecule has 0 fully saturated rings. The first kappa shape index (κ1) is 37.2. The summed E-state index contributed by atoms with van der Waals surface area (Å²) in [5.74, 6) is -3.04. The van der Waals surface area contributed by atoms with Crippen molar-refractivity contribution in [3.05, 3.63) is 40.2 Å². The number of rotatable bonds is 16. The van der Waals surface area contributed by atoms with Gasteiger partial charge in [0, 0.05) is 36.7 Å². The second-order valence-electron chi connectivity index (χ2n) is 11.8. The fraction of sp³-hybridized carbons (Fsp3) is 0.516. The molecule has 9 N–H and O–H groups in total. The molecule has 0 radical (unpaired) electrons. The van der Waals surface area contributed by atoms with Gasteiger partial charge in [-0.2, -0.15) is 0 Å². The summed E-state index contributed by atoms with van der Waals surface area (Å²) < 4.78 is 5.27. The zero-order chi connectivity index (χ0) is 34.6. The molecule has 1 heterocycles. The molecule has 0 saturated carbocycles. The molecule has 0 aliphatic carbocycles. The van der Waals surface area contributed by atoms with Crippen LogP contribution in [-0.4, -0.2) is 66.7 Å². The zero-order valence-corrected chi connectivity index (χ0v) is 27.2. The summed E-state index contributed by atoms with van der Waals surface area (Å²) in [6.45, 7) is 10.1. The number of hydrogen-bond acceptors (Lipinski definition) is 8. The van der Waals surface area contributed by atoms with Crippen molar-refractivity contribution >= 4 is 52.2 Å². The third-order valence-corrected chi connectivity index (χ3v) is 6.89. The van der Waals surface area contributed by atoms with Gasteiger partial charge in [-0.25, -0.2) is 4.79 Å². The number of aliphatic imine (C=N–C) groups is 1. The molecule has 0 aliphatic heterocycles. The zero-order valence-electron chi connectivity index (χ0n) is 27.2. The number of amides is 5. The molecule has 46 heavy (non-hydrogen) atoms. The maximum atomic E-state index is 13.5. The van der Waals surface area contributed by atoms with E-state index in [2.05, 4.69) is 31.6 Å². The fourth-order valence-electron chi connectivity index (χ4n) is 4.66. The van der Waals surface area contributed by atoms with Gasteiger partial charge in [-0.05, 0) is 55.7 Å². The van der Waals surface area contributed by atoms with E-state index in [-0.39, 0.29) is 43.1 Å². The first-order valence-electron chi connectivity index (χ1n) is 15.1. The smallest absolute Gasteiger partial charge is 0.336 e. The minimum Gasteiger partial charge on any atom is -0.423 e. The van der Waals surface area contributed by atoms with Crippen LogP contribution in [0.15, 0.2) is 38.5 Å². The third kappa shape index (κ3) is 12.2. The Morgan fingerprint density at radius 2 is 1.61 bits per heavy atom. The number of carbonyl (C=O) groups excluding carboxylic acids is 5. The number of carbonyl (C=O) groups is 5.